The standard InChI is InChI=1S/C49H51ClF10N9O14PS2/c1-25-26(2)48(56,57)42-37(25)41(49(58,59)60)63-67(42)22-35(70)62-34(20-27-18-28(51)21-29(52)19-27)39-31(9-8-30(61-39)12-14-46(3,4)85(6,78)79)32-10-11-33(50)38-40(32)68(23-47(53,54)55)64-43(38)69(86(7,80)81)44(73)65(5)16-17-66(15-13-36(71)72)45(74)82-24-83-84(75,76)77/h8-11,18-19,21,25-26,34H,13,15-17,20,22-24H2,1-7H3,(H,62,70)(H,71,72)(H2,75,76,77)/t25-,26+,34-/m0/s1. The Hall–Kier alpha value is -7.09. The largest absolute Gasteiger partial charge is 0.481 e. The Morgan fingerprint density at radius 2 is 1.53 bits per heavy atom. The molecule has 0 unspecified atom stereocenters. The number of hydrogen-bond acceptors (Lipinski definition) is 14. The van der Waals surface area contributed by atoms with Gasteiger partial charge in [-0.05, 0) is 68.0 Å². The maximum Gasteiger partial charge on any atom is 0.472 e. The molecular formula is C49H51ClF10N9O14PS2. The number of carboxylic acid groups (broad SMARTS) is 1. The number of sulfone groups is 1. The number of carboxylic acids is 1. The number of phosphoric acid groups is 1. The molecular weight excluding hydrogens is 1260 g/mol. The number of anilines is 1. The van der Waals surface area contributed by atoms with Crippen LogP contribution in [0, 0.1) is 29.4 Å². The highest BCUT2D eigenvalue weighted by molar-refractivity contribution is 7.93. The van der Waals surface area contributed by atoms with E-state index in [-0.39, 0.29) is 24.9 Å². The molecule has 470 valence electrons. The highest BCUT2D eigenvalue weighted by Crippen LogP contribution is 2.55. The number of ether oxygens (including phenoxy) is 1. The van der Waals surface area contributed by atoms with Gasteiger partial charge in [-0.15, -0.1) is 0 Å². The molecule has 3 aromatic heterocycles. The lowest BCUT2D eigenvalue weighted by atomic mass is 9.93. The molecule has 4 N–H and O–H groups in total. The van der Waals surface area contributed by atoms with Crippen molar-refractivity contribution in [3.63, 3.8) is 0 Å². The molecule has 3 heterocycles. The summed E-state index contributed by atoms with van der Waals surface area (Å²) in [5.41, 5.74) is -6.84. The highest BCUT2D eigenvalue weighted by Gasteiger charge is 2.57. The van der Waals surface area contributed by atoms with Gasteiger partial charge in [0, 0.05) is 61.6 Å². The van der Waals surface area contributed by atoms with Gasteiger partial charge in [0.1, 0.15) is 40.9 Å². The van der Waals surface area contributed by atoms with Crippen LogP contribution in [-0.4, -0.2) is 147 Å². The second kappa shape index (κ2) is 24.9. The fraction of sp³-hybridized carbons (Fsp3) is 0.449. The van der Waals surface area contributed by atoms with Crippen LogP contribution in [0.15, 0.2) is 42.5 Å². The van der Waals surface area contributed by atoms with Gasteiger partial charge in [0.25, 0.3) is 5.92 Å². The Bertz CT molecular complexity index is 3830. The van der Waals surface area contributed by atoms with Crippen LogP contribution in [0.5, 0.6) is 0 Å². The number of halogens is 11. The van der Waals surface area contributed by atoms with Crippen LogP contribution >= 0.6 is 19.4 Å². The van der Waals surface area contributed by atoms with E-state index in [1.54, 1.807) is 0 Å². The molecule has 23 nitrogen and oxygen atoms in total. The summed E-state index contributed by atoms with van der Waals surface area (Å²) in [5.74, 6) is -8.60. The minimum absolute atomic E-state index is 0.101. The molecule has 2 aromatic carbocycles. The number of nitrogens with one attached hydrogen (secondary N) is 1. The van der Waals surface area contributed by atoms with E-state index < -0.39 is 212 Å². The number of rotatable bonds is 20. The number of sulfonamides is 1. The number of likely N-dealkylation sites (N-methyl/N-ethyl adjacent to an activating group) is 1. The van der Waals surface area contributed by atoms with Gasteiger partial charge >= 0.3 is 38.3 Å². The lowest BCUT2D eigenvalue weighted by Crippen LogP contribution is -2.48. The Labute approximate surface area is 487 Å². The molecule has 0 bridgehead atoms. The average molecular weight is 1310 g/mol. The Balaban J connectivity index is 1.59. The maximum atomic E-state index is 15.9. The summed E-state index contributed by atoms with van der Waals surface area (Å²) in [6.07, 6.45) is -12.4. The molecule has 37 heteroatoms. The van der Waals surface area contributed by atoms with Crippen molar-refractivity contribution in [2.24, 2.45) is 5.92 Å². The lowest BCUT2D eigenvalue weighted by Gasteiger charge is -2.28. The molecule has 0 spiro atoms. The highest BCUT2D eigenvalue weighted by atomic mass is 35.5. The second-order valence-corrected chi connectivity index (χ2v) is 26.2. The van der Waals surface area contributed by atoms with Crippen LogP contribution in [0.4, 0.5) is 59.3 Å². The van der Waals surface area contributed by atoms with Gasteiger partial charge in [-0.25, -0.2) is 49.3 Å². The number of fused-ring (bicyclic) bond motifs is 2. The van der Waals surface area contributed by atoms with Crippen LogP contribution in [0.1, 0.15) is 80.0 Å². The van der Waals surface area contributed by atoms with Gasteiger partial charge in [-0.3, -0.25) is 19.0 Å². The molecule has 5 aromatic rings. The summed E-state index contributed by atoms with van der Waals surface area (Å²) >= 11 is 6.70. The van der Waals surface area contributed by atoms with E-state index in [9.17, 15) is 80.8 Å². The predicted molar refractivity (Wildman–Crippen MR) is 283 cm³/mol. The van der Waals surface area contributed by atoms with Gasteiger partial charge < -0.3 is 34.7 Å². The molecule has 0 radical (unpaired) electrons. The van der Waals surface area contributed by atoms with Crippen LogP contribution in [-0.2, 0) is 74.9 Å². The zero-order valence-corrected chi connectivity index (χ0v) is 49.0. The van der Waals surface area contributed by atoms with Crippen molar-refractivity contribution in [2.45, 2.75) is 88.6 Å². The summed E-state index contributed by atoms with van der Waals surface area (Å²) in [6, 6.07) is 2.56. The normalized spacial score (nSPS) is 15.8. The molecule has 1 aliphatic rings. The van der Waals surface area contributed by atoms with Gasteiger partial charge in [0.05, 0.1) is 40.3 Å². The maximum absolute atomic E-state index is 15.9. The van der Waals surface area contributed by atoms with Crippen molar-refractivity contribution in [2.75, 3.05) is 50.3 Å². The number of pyridine rings is 1. The number of alkyl halides is 8. The van der Waals surface area contributed by atoms with Gasteiger partial charge in [-0.2, -0.15) is 49.6 Å². The van der Waals surface area contributed by atoms with Crippen LogP contribution in [0.2, 0.25) is 5.02 Å². The first-order chi connectivity index (χ1) is 39.3. The Morgan fingerprint density at radius 3 is 2.09 bits per heavy atom. The summed E-state index contributed by atoms with van der Waals surface area (Å²) in [5, 5.41) is 17.6. The van der Waals surface area contributed by atoms with E-state index in [0.29, 0.717) is 22.1 Å². The average Bonchev–Trinajstić information content (AvgIpc) is 1.58. The number of amides is 4. The molecule has 1 aliphatic carbocycles. The number of urea groups is 1. The molecule has 3 atom stereocenters. The fourth-order valence-electron chi connectivity index (χ4n) is 8.84. The second-order valence-electron chi connectivity index (χ2n) is 20.2. The third kappa shape index (κ3) is 15.7. The zero-order chi connectivity index (χ0) is 64.8. The first kappa shape index (κ1) is 68.0. The Morgan fingerprint density at radius 1 is 0.919 bits per heavy atom. The van der Waals surface area contributed by atoms with Crippen molar-refractivity contribution < 1.29 is 109 Å². The topological polar surface area (TPSA) is 303 Å². The monoisotopic (exact) mass is 1310 g/mol. The van der Waals surface area contributed by atoms with Crippen molar-refractivity contribution >= 4 is 80.0 Å². The first-order valence-corrected chi connectivity index (χ1v) is 30.4. The van der Waals surface area contributed by atoms with Gasteiger partial charge in [0.2, 0.25) is 22.7 Å². The number of carbonyl (C=O) groups is 4. The van der Waals surface area contributed by atoms with E-state index >= 15 is 8.78 Å². The molecule has 0 saturated carbocycles. The number of phosphoric ester groups is 1. The number of aliphatic carboxylic acids is 1. The predicted octanol–water partition coefficient (Wildman–Crippen LogP) is 7.73. The molecule has 6 rings (SSSR count). The minimum Gasteiger partial charge on any atom is -0.481 e. The van der Waals surface area contributed by atoms with Crippen LogP contribution < -0.4 is 9.62 Å². The van der Waals surface area contributed by atoms with Gasteiger partial charge in [0.15, 0.2) is 21.3 Å². The van der Waals surface area contributed by atoms with Crippen molar-refractivity contribution in [3.05, 3.63) is 93.0 Å². The third-order valence-corrected chi connectivity index (χ3v) is 17.1. The number of benzene rings is 2. The zero-order valence-electron chi connectivity index (χ0n) is 45.8. The SMILES string of the molecule is C[C@@H]1c2c(C(F)(F)F)nn(CC(=O)N[C@@H](Cc3cc(F)cc(F)c3)c3nc(C#CC(C)(C)S(C)(=O)=O)ccc3-c3ccc(Cl)c4c(N(C(=O)N(C)CCN(CCC(=O)O)C(=O)OCOP(=O)(O)O)S(C)(=O)=O)nn(CC(F)(F)F)c34)c2C(F)(F)[C@@H]1C. The van der Waals surface area contributed by atoms with Crippen molar-refractivity contribution in [3.8, 4) is 23.0 Å². The summed E-state index contributed by atoms with van der Waals surface area (Å²) in [6.45, 7) is -2.57. The number of carbonyl (C=O) groups excluding carboxylic acids is 3. The van der Waals surface area contributed by atoms with Crippen molar-refractivity contribution in [1.82, 2.24) is 39.7 Å². The number of nitrogens with zero attached hydrogens (tertiary/aromatic N) is 8. The Kier molecular flexibility index (Phi) is 19.7. The van der Waals surface area contributed by atoms with E-state index in [1.165, 1.54) is 13.8 Å². The van der Waals surface area contributed by atoms with E-state index in [4.69, 9.17) is 21.4 Å². The fourth-order valence-corrected chi connectivity index (χ4v) is 10.4. The van der Waals surface area contributed by atoms with Crippen LogP contribution in [0.3, 0.4) is 0 Å². The molecule has 4 amide bonds. The van der Waals surface area contributed by atoms with E-state index in [1.807, 2.05) is 0 Å². The third-order valence-electron chi connectivity index (χ3n) is 13.4. The quantitative estimate of drug-likeness (QED) is 0.0251. The smallest absolute Gasteiger partial charge is 0.472 e. The molecule has 0 aliphatic heterocycles. The van der Waals surface area contributed by atoms with Crippen LogP contribution in [0.25, 0.3) is 22.0 Å². The minimum atomic E-state index is -5.32. The van der Waals surface area contributed by atoms with E-state index in [0.717, 1.165) is 63.5 Å². The van der Waals surface area contributed by atoms with E-state index in [2.05, 4.69) is 41.6 Å². The lowest BCUT2D eigenvalue weighted by molar-refractivity contribution is -0.143. The number of aromatic nitrogens is 5. The summed E-state index contributed by atoms with van der Waals surface area (Å²) in [4.78, 5) is 76.6. The molecule has 86 heavy (non-hydrogen) atoms. The van der Waals surface area contributed by atoms with Crippen molar-refractivity contribution in [1.29, 1.82) is 0 Å². The molecule has 0 fully saturated rings. The summed E-state index contributed by atoms with van der Waals surface area (Å²) in [7, 11) is -13.4. The summed E-state index contributed by atoms with van der Waals surface area (Å²) < 4.78 is 221. The first-order valence-electron chi connectivity index (χ1n) is 24.7. The number of hydrogen-bond donors (Lipinski definition) is 4. The van der Waals surface area contributed by atoms with Gasteiger partial charge in [-0.1, -0.05) is 37.4 Å². The molecule has 0 saturated heterocycles.